The lowest BCUT2D eigenvalue weighted by Crippen LogP contribution is -2.33. The zero-order valence-electron chi connectivity index (χ0n) is 32.4. The fourth-order valence-electron chi connectivity index (χ4n) is 5.51. The van der Waals surface area contributed by atoms with E-state index < -0.39 is 47.3 Å². The zero-order valence-corrected chi connectivity index (χ0v) is 32.4. The van der Waals surface area contributed by atoms with Crippen molar-refractivity contribution in [1.82, 2.24) is 46.2 Å². The third-order valence-corrected chi connectivity index (χ3v) is 8.06. The molecule has 10 bridgehead atoms. The average molecular weight is 792 g/mol. The van der Waals surface area contributed by atoms with E-state index in [2.05, 4.69) is 46.2 Å². The van der Waals surface area contributed by atoms with Crippen LogP contribution in [0.3, 0.4) is 0 Å². The third-order valence-electron chi connectivity index (χ3n) is 8.06. The van der Waals surface area contributed by atoms with E-state index >= 15 is 0 Å². The molecular formula is C37H45N9O11. The van der Waals surface area contributed by atoms with Crippen LogP contribution in [0.5, 0.6) is 0 Å². The summed E-state index contributed by atoms with van der Waals surface area (Å²) in [6, 6.07) is -1.48. The molecule has 0 unspecified atom stereocenters. The maximum atomic E-state index is 13.5. The SMILES string of the molecule is CC(C)(C)OC(=O)NCCCC[C@@H]1NC(=O)c2coc(n2)-c2coc(n2)-c2coc(n2)[C@H](CCCCNC(=O)OC(C)(C)C)NC(=O)c2coc(n2)-c2coc1n2. The highest BCUT2D eigenvalue weighted by Crippen LogP contribution is 2.29. The van der Waals surface area contributed by atoms with Crippen LogP contribution in [-0.4, -0.2) is 73.2 Å². The fraction of sp³-hybridized carbons (Fsp3) is 0.486. The zero-order chi connectivity index (χ0) is 40.7. The van der Waals surface area contributed by atoms with E-state index in [4.69, 9.17) is 31.6 Å². The summed E-state index contributed by atoms with van der Waals surface area (Å²) in [6.07, 6.45) is 8.17. The van der Waals surface area contributed by atoms with Crippen LogP contribution < -0.4 is 21.3 Å². The molecule has 0 spiro atoms. The van der Waals surface area contributed by atoms with Gasteiger partial charge in [0.2, 0.25) is 29.5 Å². The van der Waals surface area contributed by atoms with E-state index in [1.54, 1.807) is 41.5 Å². The van der Waals surface area contributed by atoms with E-state index in [1.807, 2.05) is 0 Å². The molecule has 4 N–H and O–H groups in total. The van der Waals surface area contributed by atoms with Crippen molar-refractivity contribution < 1.29 is 50.7 Å². The van der Waals surface area contributed by atoms with Crippen LogP contribution in [0, 0.1) is 0 Å². The minimum atomic E-state index is -0.750. The standard InChI is InChI=1S/C37H45N9O11/c1-36(2,3)56-34(49)38-13-9-7-11-20-29-44-24(17-53-29)31-42-22(15-51-31)27(47)41-21(12-8-10-14-39-35(50)57-37(4,5)6)30-45-26(18-54-30)33-46-25(19-55-33)32-43-23(16-52-32)28(48)40-20/h15-21H,7-14H2,1-6H3,(H,38,49)(H,39,50)(H,40,48)(H,41,47)/t20-,21-/m0/s1. The number of unbranched alkanes of at least 4 members (excludes halogenated alkanes) is 2. The van der Waals surface area contributed by atoms with Gasteiger partial charge in [0.05, 0.1) is 0 Å². The Balaban J connectivity index is 1.21. The number of hydrogen-bond acceptors (Lipinski definition) is 16. The molecule has 5 aromatic heterocycles. The van der Waals surface area contributed by atoms with Crippen LogP contribution in [-0.2, 0) is 9.47 Å². The fourth-order valence-corrected chi connectivity index (χ4v) is 5.51. The number of aromatic nitrogens is 5. The van der Waals surface area contributed by atoms with Gasteiger partial charge in [0, 0.05) is 13.1 Å². The molecule has 6 rings (SSSR count). The molecule has 0 aliphatic carbocycles. The van der Waals surface area contributed by atoms with Gasteiger partial charge in [-0.2, -0.15) is 0 Å². The molecule has 2 atom stereocenters. The molecule has 20 nitrogen and oxygen atoms in total. The van der Waals surface area contributed by atoms with E-state index in [-0.39, 0.29) is 57.9 Å². The Labute approximate surface area is 326 Å². The molecule has 57 heavy (non-hydrogen) atoms. The summed E-state index contributed by atoms with van der Waals surface area (Å²) >= 11 is 0. The number of fused-ring (bicyclic) bond motifs is 13. The number of rotatable bonds is 10. The summed E-state index contributed by atoms with van der Waals surface area (Å²) in [5.74, 6) is -0.786. The van der Waals surface area contributed by atoms with Crippen LogP contribution in [0.4, 0.5) is 9.59 Å². The van der Waals surface area contributed by atoms with E-state index in [9.17, 15) is 19.2 Å². The van der Waals surface area contributed by atoms with Crippen LogP contribution in [0.15, 0.2) is 53.4 Å². The van der Waals surface area contributed by atoms with Gasteiger partial charge in [-0.05, 0) is 80.1 Å². The monoisotopic (exact) mass is 791 g/mol. The van der Waals surface area contributed by atoms with Gasteiger partial charge < -0.3 is 52.8 Å². The van der Waals surface area contributed by atoms with Gasteiger partial charge in [-0.1, -0.05) is 0 Å². The first-order valence-electron chi connectivity index (χ1n) is 18.4. The molecule has 0 radical (unpaired) electrons. The number of hydrogen-bond donors (Lipinski definition) is 4. The normalized spacial score (nSPS) is 15.9. The maximum absolute atomic E-state index is 13.5. The number of oxazole rings is 5. The first-order valence-corrected chi connectivity index (χ1v) is 18.4. The highest BCUT2D eigenvalue weighted by molar-refractivity contribution is 5.93. The summed E-state index contributed by atoms with van der Waals surface area (Å²) in [5.41, 5.74) is -0.754. The number of carbonyl (C=O) groups is 4. The largest absolute Gasteiger partial charge is 0.446 e. The van der Waals surface area contributed by atoms with E-state index in [0.717, 1.165) is 0 Å². The molecule has 304 valence electrons. The molecule has 0 fully saturated rings. The molecular weight excluding hydrogens is 746 g/mol. The van der Waals surface area contributed by atoms with Gasteiger partial charge in [0.1, 0.15) is 54.6 Å². The Bertz CT molecular complexity index is 2160. The van der Waals surface area contributed by atoms with Gasteiger partial charge in [0.25, 0.3) is 11.8 Å². The van der Waals surface area contributed by atoms with Gasteiger partial charge >= 0.3 is 12.2 Å². The van der Waals surface area contributed by atoms with Crippen molar-refractivity contribution in [3.05, 3.63) is 54.5 Å². The van der Waals surface area contributed by atoms with Crippen molar-refractivity contribution in [3.63, 3.8) is 0 Å². The lowest BCUT2D eigenvalue weighted by molar-refractivity contribution is 0.0515. The maximum Gasteiger partial charge on any atom is 0.407 e. The number of alkyl carbamates (subject to hydrolysis) is 2. The van der Waals surface area contributed by atoms with Crippen LogP contribution in [0.25, 0.3) is 34.8 Å². The van der Waals surface area contributed by atoms with Crippen molar-refractivity contribution >= 4 is 24.0 Å². The molecule has 1 aliphatic heterocycles. The number of amides is 4. The molecule has 4 amide bonds. The lowest BCUT2D eigenvalue weighted by atomic mass is 10.1. The summed E-state index contributed by atoms with van der Waals surface area (Å²) in [7, 11) is 0. The van der Waals surface area contributed by atoms with Crippen LogP contribution >= 0.6 is 0 Å². The summed E-state index contributed by atoms with van der Waals surface area (Å²) < 4.78 is 39.0. The second-order valence-corrected chi connectivity index (χ2v) is 15.2. The first-order chi connectivity index (χ1) is 27.1. The number of nitrogens with one attached hydrogen (secondary N) is 4. The van der Waals surface area contributed by atoms with E-state index in [0.29, 0.717) is 51.6 Å². The molecule has 5 aromatic rings. The quantitative estimate of drug-likeness (QED) is 0.113. The Hall–Kier alpha value is -6.47. The topological polar surface area (TPSA) is 265 Å². The van der Waals surface area contributed by atoms with Gasteiger partial charge in [-0.3, -0.25) is 9.59 Å². The third kappa shape index (κ3) is 11.1. The Kier molecular flexibility index (Phi) is 12.1. The van der Waals surface area contributed by atoms with Crippen molar-refractivity contribution in [2.75, 3.05) is 13.1 Å². The summed E-state index contributed by atoms with van der Waals surface area (Å²) in [4.78, 5) is 73.3. The first kappa shape index (κ1) is 40.2. The summed E-state index contributed by atoms with van der Waals surface area (Å²) in [6.45, 7) is 11.3. The smallest absolute Gasteiger partial charge is 0.407 e. The Morgan fingerprint density at radius 2 is 0.912 bits per heavy atom. The number of ether oxygens (including phenoxy) is 2. The van der Waals surface area contributed by atoms with Gasteiger partial charge in [-0.25, -0.2) is 34.5 Å². The van der Waals surface area contributed by atoms with Gasteiger partial charge in [-0.15, -0.1) is 0 Å². The molecule has 6 heterocycles. The van der Waals surface area contributed by atoms with Crippen molar-refractivity contribution in [2.45, 2.75) is 103 Å². The predicted octanol–water partition coefficient (Wildman–Crippen LogP) is 6.27. The molecule has 20 heteroatoms. The molecule has 1 aliphatic rings. The summed E-state index contributed by atoms with van der Waals surface area (Å²) in [5, 5.41) is 11.2. The lowest BCUT2D eigenvalue weighted by Gasteiger charge is -2.19. The molecule has 0 aromatic carbocycles. The van der Waals surface area contributed by atoms with Crippen molar-refractivity contribution in [2.24, 2.45) is 0 Å². The highest BCUT2D eigenvalue weighted by atomic mass is 16.6. The number of nitrogens with zero attached hydrogens (tertiary/aromatic N) is 5. The van der Waals surface area contributed by atoms with Crippen LogP contribution in [0.2, 0.25) is 0 Å². The molecule has 0 saturated carbocycles. The minimum absolute atomic E-state index is 0.00328. The van der Waals surface area contributed by atoms with Gasteiger partial charge in [0.15, 0.2) is 28.5 Å². The average Bonchev–Trinajstić information content (AvgIpc) is 3.96. The Morgan fingerprint density at radius 3 is 1.32 bits per heavy atom. The Morgan fingerprint density at radius 1 is 0.561 bits per heavy atom. The minimum Gasteiger partial charge on any atom is -0.446 e. The highest BCUT2D eigenvalue weighted by Gasteiger charge is 2.28. The van der Waals surface area contributed by atoms with Crippen molar-refractivity contribution in [1.29, 1.82) is 0 Å². The number of carbonyl (C=O) groups excluding carboxylic acids is 4. The predicted molar refractivity (Wildman–Crippen MR) is 196 cm³/mol. The van der Waals surface area contributed by atoms with Crippen LogP contribution in [0.1, 0.15) is 125 Å². The molecule has 0 saturated heterocycles. The van der Waals surface area contributed by atoms with E-state index in [1.165, 1.54) is 31.3 Å². The second kappa shape index (κ2) is 17.1. The second-order valence-electron chi connectivity index (χ2n) is 15.2. The van der Waals surface area contributed by atoms with Crippen molar-refractivity contribution in [3.8, 4) is 34.8 Å².